The number of hydrogen-bond donors (Lipinski definition) is 2. The summed E-state index contributed by atoms with van der Waals surface area (Å²) in [5.41, 5.74) is 8.43. The maximum atomic E-state index is 14.4. The summed E-state index contributed by atoms with van der Waals surface area (Å²) < 4.78 is 16.7. The maximum Gasteiger partial charge on any atom is 0.248 e. The lowest BCUT2D eigenvalue weighted by molar-refractivity contribution is -0.137. The van der Waals surface area contributed by atoms with Crippen LogP contribution in [0.25, 0.3) is 21.9 Å². The number of halogens is 2. The number of pyridine rings is 1. The second-order valence-electron chi connectivity index (χ2n) is 8.29. The third-order valence-corrected chi connectivity index (χ3v) is 6.40. The predicted octanol–water partition coefficient (Wildman–Crippen LogP) is 3.21. The first kappa shape index (κ1) is 22.2. The van der Waals surface area contributed by atoms with E-state index in [0.29, 0.717) is 27.3 Å². The Labute approximate surface area is 202 Å². The molecule has 3 N–H and O–H groups in total. The summed E-state index contributed by atoms with van der Waals surface area (Å²) >= 11 is 3.25. The number of benzene rings is 1. The van der Waals surface area contributed by atoms with E-state index in [-0.39, 0.29) is 25.4 Å². The molecule has 4 heterocycles. The molecule has 0 saturated carbocycles. The van der Waals surface area contributed by atoms with Crippen LogP contribution < -0.4 is 11.1 Å². The summed E-state index contributed by atoms with van der Waals surface area (Å²) in [6.07, 6.45) is -0.0273. The van der Waals surface area contributed by atoms with Gasteiger partial charge in [-0.3, -0.25) is 9.59 Å². The highest BCUT2D eigenvalue weighted by molar-refractivity contribution is 9.10. The van der Waals surface area contributed by atoms with Gasteiger partial charge < -0.3 is 20.5 Å². The first-order valence-electron chi connectivity index (χ1n) is 10.7. The second kappa shape index (κ2) is 8.64. The third kappa shape index (κ3) is 3.96. The number of nitrogens with zero attached hydrogens (tertiary/aromatic N) is 5. The van der Waals surface area contributed by atoms with Crippen LogP contribution in [-0.4, -0.2) is 55.0 Å². The summed E-state index contributed by atoms with van der Waals surface area (Å²) in [7, 11) is 0. The van der Waals surface area contributed by atoms with E-state index < -0.39 is 18.1 Å². The Hall–Kier alpha value is -3.60. The van der Waals surface area contributed by atoms with Crippen molar-refractivity contribution in [3.8, 4) is 0 Å². The summed E-state index contributed by atoms with van der Waals surface area (Å²) in [5.74, 6) is -0.239. The molecule has 34 heavy (non-hydrogen) atoms. The van der Waals surface area contributed by atoms with Crippen LogP contribution in [0, 0.1) is 6.92 Å². The van der Waals surface area contributed by atoms with E-state index in [2.05, 4.69) is 36.2 Å². The number of anilines is 2. The molecule has 0 bridgehead atoms. The van der Waals surface area contributed by atoms with Gasteiger partial charge in [0, 0.05) is 11.8 Å². The third-order valence-electron chi connectivity index (χ3n) is 5.96. The standard InChI is InChI=1S/C23H21BrFN7O2/c1-12-5-6-15-14(7-12)20-21(26)27-11-28-22(20)32(15)10-19(33)31-9-13(25)8-16(31)23(34)30-18-4-2-3-17(24)29-18/h2-7,11,13,16H,8-10H2,1H3,(H2,26,27,28)(H,29,30,34). The molecule has 1 aliphatic rings. The first-order valence-corrected chi connectivity index (χ1v) is 11.5. The molecule has 4 aromatic rings. The number of aryl methyl sites for hydroxylation is 1. The fourth-order valence-corrected chi connectivity index (χ4v) is 4.78. The normalized spacial score (nSPS) is 18.0. The van der Waals surface area contributed by atoms with E-state index >= 15 is 0 Å². The highest BCUT2D eigenvalue weighted by Crippen LogP contribution is 2.32. The number of carbonyl (C=O) groups excluding carboxylic acids is 2. The van der Waals surface area contributed by atoms with Gasteiger partial charge in [-0.15, -0.1) is 0 Å². The second-order valence-corrected chi connectivity index (χ2v) is 9.11. The Morgan fingerprint density at radius 3 is 2.88 bits per heavy atom. The largest absolute Gasteiger partial charge is 0.383 e. The summed E-state index contributed by atoms with van der Waals surface area (Å²) in [6, 6.07) is 9.92. The number of hydrogen-bond acceptors (Lipinski definition) is 6. The van der Waals surface area contributed by atoms with Crippen molar-refractivity contribution in [2.45, 2.75) is 32.1 Å². The molecule has 1 fully saturated rings. The van der Waals surface area contributed by atoms with E-state index in [1.165, 1.54) is 11.2 Å². The number of carbonyl (C=O) groups is 2. The van der Waals surface area contributed by atoms with Crippen molar-refractivity contribution in [1.29, 1.82) is 0 Å². The fourth-order valence-electron chi connectivity index (χ4n) is 4.43. The number of fused-ring (bicyclic) bond motifs is 3. The highest BCUT2D eigenvalue weighted by atomic mass is 79.9. The lowest BCUT2D eigenvalue weighted by Gasteiger charge is -2.24. The Balaban J connectivity index is 1.46. The van der Waals surface area contributed by atoms with Crippen LogP contribution in [0.15, 0.2) is 47.3 Å². The van der Waals surface area contributed by atoms with Gasteiger partial charge in [0.1, 0.15) is 47.0 Å². The van der Waals surface area contributed by atoms with E-state index in [4.69, 9.17) is 5.73 Å². The van der Waals surface area contributed by atoms with Crippen LogP contribution in [0.4, 0.5) is 16.0 Å². The molecule has 2 amide bonds. The van der Waals surface area contributed by atoms with Gasteiger partial charge in [0.15, 0.2) is 0 Å². The molecule has 3 aromatic heterocycles. The van der Waals surface area contributed by atoms with Crippen LogP contribution in [0.2, 0.25) is 0 Å². The average molecular weight is 526 g/mol. The molecule has 2 unspecified atom stereocenters. The van der Waals surface area contributed by atoms with Crippen LogP contribution >= 0.6 is 15.9 Å². The minimum absolute atomic E-state index is 0.0763. The molecule has 11 heteroatoms. The molecule has 0 aliphatic carbocycles. The van der Waals surface area contributed by atoms with Gasteiger partial charge in [-0.25, -0.2) is 19.3 Å². The number of aromatic nitrogens is 4. The molecule has 1 saturated heterocycles. The van der Waals surface area contributed by atoms with Gasteiger partial charge in [-0.2, -0.15) is 0 Å². The molecular formula is C23H21BrFN7O2. The minimum atomic E-state index is -1.30. The van der Waals surface area contributed by atoms with Gasteiger partial charge >= 0.3 is 0 Å². The van der Waals surface area contributed by atoms with E-state index in [9.17, 15) is 14.0 Å². The Morgan fingerprint density at radius 1 is 1.26 bits per heavy atom. The topological polar surface area (TPSA) is 119 Å². The zero-order valence-electron chi connectivity index (χ0n) is 18.2. The molecule has 5 rings (SSSR count). The van der Waals surface area contributed by atoms with Crippen molar-refractivity contribution >= 4 is 61.3 Å². The van der Waals surface area contributed by atoms with Gasteiger partial charge in [-0.05, 0) is 47.1 Å². The van der Waals surface area contributed by atoms with Crippen molar-refractivity contribution in [3.63, 3.8) is 0 Å². The van der Waals surface area contributed by atoms with Crippen molar-refractivity contribution < 1.29 is 14.0 Å². The van der Waals surface area contributed by atoms with Gasteiger partial charge in [0.25, 0.3) is 0 Å². The van der Waals surface area contributed by atoms with Crippen LogP contribution in [0.3, 0.4) is 0 Å². The SMILES string of the molecule is Cc1ccc2c(c1)c1c(N)ncnc1n2CC(=O)N1CC(F)CC1C(=O)Nc1cccc(Br)n1. The number of alkyl halides is 1. The first-order chi connectivity index (χ1) is 16.3. The molecule has 1 aliphatic heterocycles. The van der Waals surface area contributed by atoms with E-state index in [1.54, 1.807) is 22.8 Å². The zero-order chi connectivity index (χ0) is 24.0. The summed E-state index contributed by atoms with van der Waals surface area (Å²) in [4.78, 5) is 40.2. The molecule has 1 aromatic carbocycles. The number of nitrogen functional groups attached to an aromatic ring is 1. The number of nitrogens with one attached hydrogen (secondary N) is 1. The van der Waals surface area contributed by atoms with E-state index in [0.717, 1.165) is 16.5 Å². The number of rotatable bonds is 4. The van der Waals surface area contributed by atoms with Gasteiger partial charge in [0.2, 0.25) is 11.8 Å². The maximum absolute atomic E-state index is 14.4. The molecule has 174 valence electrons. The molecule has 0 radical (unpaired) electrons. The lowest BCUT2D eigenvalue weighted by atomic mass is 10.1. The van der Waals surface area contributed by atoms with Crippen LogP contribution in [0.5, 0.6) is 0 Å². The van der Waals surface area contributed by atoms with Crippen LogP contribution in [0.1, 0.15) is 12.0 Å². The molecule has 9 nitrogen and oxygen atoms in total. The average Bonchev–Trinajstić information content (AvgIpc) is 3.33. The number of likely N-dealkylation sites (tertiary alicyclic amines) is 1. The summed E-state index contributed by atoms with van der Waals surface area (Å²) in [5, 5.41) is 4.17. The Bertz CT molecular complexity index is 1440. The Kier molecular flexibility index (Phi) is 5.64. The monoisotopic (exact) mass is 525 g/mol. The quantitative estimate of drug-likeness (QED) is 0.395. The van der Waals surface area contributed by atoms with Crippen molar-refractivity contribution in [3.05, 3.63) is 52.9 Å². The number of nitrogens with two attached hydrogens (primary N) is 1. The van der Waals surface area contributed by atoms with E-state index in [1.807, 2.05) is 25.1 Å². The van der Waals surface area contributed by atoms with Crippen LogP contribution in [-0.2, 0) is 16.1 Å². The van der Waals surface area contributed by atoms with Crippen molar-refractivity contribution in [1.82, 2.24) is 24.4 Å². The minimum Gasteiger partial charge on any atom is -0.383 e. The number of amides is 2. The predicted molar refractivity (Wildman–Crippen MR) is 130 cm³/mol. The smallest absolute Gasteiger partial charge is 0.248 e. The van der Waals surface area contributed by atoms with Gasteiger partial charge in [-0.1, -0.05) is 17.7 Å². The molecule has 2 atom stereocenters. The van der Waals surface area contributed by atoms with Gasteiger partial charge in [0.05, 0.1) is 17.4 Å². The highest BCUT2D eigenvalue weighted by Gasteiger charge is 2.40. The molecule has 0 spiro atoms. The zero-order valence-corrected chi connectivity index (χ0v) is 19.8. The fraction of sp³-hybridized carbons (Fsp3) is 0.261. The molecular weight excluding hydrogens is 505 g/mol. The Morgan fingerprint density at radius 2 is 2.09 bits per heavy atom. The lowest BCUT2D eigenvalue weighted by Crippen LogP contribution is -2.44. The van der Waals surface area contributed by atoms with Crippen molar-refractivity contribution in [2.24, 2.45) is 0 Å². The van der Waals surface area contributed by atoms with Crippen molar-refractivity contribution in [2.75, 3.05) is 17.6 Å². The summed E-state index contributed by atoms with van der Waals surface area (Å²) in [6.45, 7) is 1.68.